The Morgan fingerprint density at radius 2 is 1.27 bits per heavy atom. The first-order chi connectivity index (χ1) is 4.94. The molecule has 1 heterocycles. The van der Waals surface area contributed by atoms with Gasteiger partial charge in [0.1, 0.15) is 9.84 Å². The maximum atomic E-state index is 10.4. The highest BCUT2D eigenvalue weighted by molar-refractivity contribution is 7.91. The lowest BCUT2D eigenvalue weighted by Crippen LogP contribution is -1.98. The van der Waals surface area contributed by atoms with Crippen molar-refractivity contribution >= 4 is 18.4 Å². The molecule has 0 atom stereocenters. The summed E-state index contributed by atoms with van der Waals surface area (Å²) in [5.41, 5.74) is 0. The van der Waals surface area contributed by atoms with E-state index in [-0.39, 0.29) is 0 Å². The highest BCUT2D eigenvalue weighted by atomic mass is 32.2. The van der Waals surface area contributed by atoms with Gasteiger partial charge in [-0.2, -0.15) is 0 Å². The molecule has 0 amide bonds. The summed E-state index contributed by atoms with van der Waals surface area (Å²) in [5, 5.41) is 0. The molecule has 7 heteroatoms. The molecule has 0 aromatic heterocycles. The van der Waals surface area contributed by atoms with Crippen LogP contribution >= 0.6 is 8.60 Å². The standard InChI is InChI=1S/C4H8O2S.H3O3P/c5-7(6)3-1-2-4-7;1-4(2)3/h1-4H2;1-3H. The van der Waals surface area contributed by atoms with Crippen molar-refractivity contribution < 1.29 is 23.1 Å². The molecule has 0 aromatic carbocycles. The minimum absolute atomic E-state index is 0.424. The minimum Gasteiger partial charge on any atom is -0.328 e. The van der Waals surface area contributed by atoms with Crippen LogP contribution in [-0.2, 0) is 9.84 Å². The molecular formula is C4H11O5PS. The van der Waals surface area contributed by atoms with Gasteiger partial charge in [-0.05, 0) is 12.8 Å². The van der Waals surface area contributed by atoms with E-state index in [2.05, 4.69) is 0 Å². The fourth-order valence-corrected chi connectivity index (χ4v) is 2.24. The molecule has 11 heavy (non-hydrogen) atoms. The Hall–Kier alpha value is 0.260. The van der Waals surface area contributed by atoms with Crippen LogP contribution < -0.4 is 0 Å². The Morgan fingerprint density at radius 3 is 1.36 bits per heavy atom. The van der Waals surface area contributed by atoms with E-state index >= 15 is 0 Å². The quantitative estimate of drug-likeness (QED) is 0.455. The molecule has 68 valence electrons. The Morgan fingerprint density at radius 1 is 1.00 bits per heavy atom. The third-order valence-corrected chi connectivity index (χ3v) is 2.98. The van der Waals surface area contributed by atoms with Gasteiger partial charge < -0.3 is 14.7 Å². The van der Waals surface area contributed by atoms with Crippen LogP contribution in [0.15, 0.2) is 0 Å². The molecule has 0 unspecified atom stereocenters. The van der Waals surface area contributed by atoms with E-state index in [1.54, 1.807) is 0 Å². The number of sulfone groups is 1. The molecule has 5 nitrogen and oxygen atoms in total. The van der Waals surface area contributed by atoms with Gasteiger partial charge >= 0.3 is 8.60 Å². The normalized spacial score (nSPS) is 21.1. The molecule has 1 aliphatic rings. The van der Waals surface area contributed by atoms with E-state index in [1.165, 1.54) is 0 Å². The Labute approximate surface area is 66.6 Å². The topological polar surface area (TPSA) is 94.8 Å². The SMILES string of the molecule is O=S1(=O)CCCC1.OP(O)O. The second-order valence-electron chi connectivity index (χ2n) is 2.13. The van der Waals surface area contributed by atoms with Crippen LogP contribution in [0.2, 0.25) is 0 Å². The minimum atomic E-state index is -2.62. The second-order valence-corrected chi connectivity index (χ2v) is 4.97. The molecule has 3 N–H and O–H groups in total. The summed E-state index contributed by atoms with van der Waals surface area (Å²) in [5.74, 6) is 0.847. The van der Waals surface area contributed by atoms with Crippen LogP contribution in [0.25, 0.3) is 0 Å². The highest BCUT2D eigenvalue weighted by Gasteiger charge is 2.16. The zero-order valence-electron chi connectivity index (χ0n) is 5.84. The van der Waals surface area contributed by atoms with Gasteiger partial charge in [0.25, 0.3) is 0 Å². The zero-order chi connectivity index (χ0) is 8.91. The fraction of sp³-hybridized carbons (Fsp3) is 1.00. The van der Waals surface area contributed by atoms with E-state index in [0.29, 0.717) is 11.5 Å². The lowest BCUT2D eigenvalue weighted by atomic mass is 10.4. The van der Waals surface area contributed by atoms with Gasteiger partial charge in [-0.25, -0.2) is 8.42 Å². The monoisotopic (exact) mass is 202 g/mol. The van der Waals surface area contributed by atoms with Crippen LogP contribution in [0.1, 0.15) is 12.8 Å². The first kappa shape index (κ1) is 11.3. The van der Waals surface area contributed by atoms with Crippen molar-refractivity contribution in [1.29, 1.82) is 0 Å². The lowest BCUT2D eigenvalue weighted by molar-refractivity contribution is 0.368. The van der Waals surface area contributed by atoms with E-state index in [9.17, 15) is 8.42 Å². The van der Waals surface area contributed by atoms with Gasteiger partial charge in [0, 0.05) is 0 Å². The Kier molecular flexibility index (Phi) is 5.12. The fourth-order valence-electron chi connectivity index (χ4n) is 0.746. The highest BCUT2D eigenvalue weighted by Crippen LogP contribution is 2.11. The third-order valence-electron chi connectivity index (χ3n) is 1.16. The largest absolute Gasteiger partial charge is 0.328 e. The molecule has 1 rings (SSSR count). The zero-order valence-corrected chi connectivity index (χ0v) is 7.55. The first-order valence-electron chi connectivity index (χ1n) is 3.01. The predicted octanol–water partition coefficient (Wildman–Crippen LogP) is -0.615. The number of hydrogen-bond donors (Lipinski definition) is 3. The van der Waals surface area contributed by atoms with Crippen LogP contribution in [0.3, 0.4) is 0 Å². The molecule has 1 saturated heterocycles. The number of rotatable bonds is 0. The Balaban J connectivity index is 0.000000218. The summed E-state index contributed by atoms with van der Waals surface area (Å²) < 4.78 is 20.9. The molecule has 0 bridgehead atoms. The molecule has 0 spiro atoms. The first-order valence-corrected chi connectivity index (χ1v) is 6.03. The van der Waals surface area contributed by atoms with Gasteiger partial charge in [-0.1, -0.05) is 0 Å². The Bertz CT molecular complexity index is 172. The van der Waals surface area contributed by atoms with E-state index in [0.717, 1.165) is 12.8 Å². The van der Waals surface area contributed by atoms with Crippen molar-refractivity contribution in [2.45, 2.75) is 12.8 Å². The smallest absolute Gasteiger partial charge is 0.324 e. The maximum Gasteiger partial charge on any atom is 0.324 e. The molecular weight excluding hydrogens is 191 g/mol. The average molecular weight is 202 g/mol. The lowest BCUT2D eigenvalue weighted by Gasteiger charge is -1.81. The van der Waals surface area contributed by atoms with Crippen LogP contribution in [0.4, 0.5) is 0 Å². The molecule has 0 aliphatic carbocycles. The summed E-state index contributed by atoms with van der Waals surface area (Å²) in [6.07, 6.45) is 1.75. The second kappa shape index (κ2) is 5.00. The van der Waals surface area contributed by atoms with Crippen molar-refractivity contribution in [2.24, 2.45) is 0 Å². The van der Waals surface area contributed by atoms with Gasteiger partial charge in [-0.15, -0.1) is 0 Å². The molecule has 1 aliphatic heterocycles. The van der Waals surface area contributed by atoms with Gasteiger partial charge in [0.2, 0.25) is 0 Å². The van der Waals surface area contributed by atoms with Crippen molar-refractivity contribution in [3.8, 4) is 0 Å². The summed E-state index contributed by atoms with van der Waals surface area (Å²) in [6, 6.07) is 0. The molecule has 0 saturated carbocycles. The van der Waals surface area contributed by atoms with E-state index in [1.807, 2.05) is 0 Å². The van der Waals surface area contributed by atoms with Crippen molar-refractivity contribution in [1.82, 2.24) is 0 Å². The molecule has 0 aromatic rings. The van der Waals surface area contributed by atoms with Crippen molar-refractivity contribution in [3.05, 3.63) is 0 Å². The summed E-state index contributed by atoms with van der Waals surface area (Å²) in [7, 11) is -5.17. The van der Waals surface area contributed by atoms with Crippen LogP contribution in [-0.4, -0.2) is 34.6 Å². The predicted molar refractivity (Wildman–Crippen MR) is 41.5 cm³/mol. The van der Waals surface area contributed by atoms with Crippen LogP contribution in [0.5, 0.6) is 0 Å². The number of hydrogen-bond acceptors (Lipinski definition) is 5. The summed E-state index contributed by atoms with van der Waals surface area (Å²) >= 11 is 0. The van der Waals surface area contributed by atoms with E-state index < -0.39 is 18.4 Å². The van der Waals surface area contributed by atoms with Gasteiger partial charge in [-0.3, -0.25) is 0 Å². The van der Waals surface area contributed by atoms with Crippen molar-refractivity contribution in [3.63, 3.8) is 0 Å². The maximum absolute atomic E-state index is 10.4. The molecule has 0 radical (unpaired) electrons. The van der Waals surface area contributed by atoms with Crippen molar-refractivity contribution in [2.75, 3.05) is 11.5 Å². The average Bonchev–Trinajstić information content (AvgIpc) is 2.11. The van der Waals surface area contributed by atoms with Gasteiger partial charge in [0.05, 0.1) is 11.5 Å². The summed E-state index contributed by atoms with van der Waals surface area (Å²) in [6.45, 7) is 0. The summed E-state index contributed by atoms with van der Waals surface area (Å²) in [4.78, 5) is 21.7. The van der Waals surface area contributed by atoms with E-state index in [4.69, 9.17) is 14.7 Å². The molecule has 1 fully saturated rings. The third kappa shape index (κ3) is 8.16. The van der Waals surface area contributed by atoms with Gasteiger partial charge in [0.15, 0.2) is 0 Å². The van der Waals surface area contributed by atoms with Crippen LogP contribution in [0, 0.1) is 0 Å².